The van der Waals surface area contributed by atoms with Gasteiger partial charge in [-0.25, -0.2) is 4.79 Å². The number of thiocarbonyl (C=S) groups is 1. The summed E-state index contributed by atoms with van der Waals surface area (Å²) in [5.41, 5.74) is 0.522. The van der Waals surface area contributed by atoms with Crippen LogP contribution in [0.2, 0.25) is 0 Å². The van der Waals surface area contributed by atoms with Gasteiger partial charge in [-0.3, -0.25) is 14.4 Å². The van der Waals surface area contributed by atoms with Crippen molar-refractivity contribution in [2.45, 2.75) is 37.1 Å². The Morgan fingerprint density at radius 2 is 1.78 bits per heavy atom. The molecule has 4 rings (SSSR count). The highest BCUT2D eigenvalue weighted by Crippen LogP contribution is 2.37. The first kappa shape index (κ1) is 26.1. The Morgan fingerprint density at radius 3 is 2.31 bits per heavy atom. The highest BCUT2D eigenvalue weighted by Gasteiger charge is 2.60. The summed E-state index contributed by atoms with van der Waals surface area (Å²) >= 11 is 16.7. The van der Waals surface area contributed by atoms with E-state index in [2.05, 4.69) is 5.32 Å². The van der Waals surface area contributed by atoms with Crippen LogP contribution in [-0.4, -0.2) is 46.3 Å². The lowest BCUT2D eigenvalue weighted by molar-refractivity contribution is -0.260. The Bertz CT molecular complexity index is 1140. The molecule has 1 unspecified atom stereocenters. The average Bonchev–Trinajstić information content (AvgIpc) is 3.46. The topological polar surface area (TPSA) is 94.2 Å². The maximum atomic E-state index is 13.7. The zero-order chi connectivity index (χ0) is 25.7. The molecule has 2 aromatic rings. The van der Waals surface area contributed by atoms with Crippen molar-refractivity contribution in [2.75, 3.05) is 6.61 Å². The van der Waals surface area contributed by atoms with Crippen LogP contribution in [0.1, 0.15) is 36.5 Å². The molecule has 2 saturated heterocycles. The molecule has 8 nitrogen and oxygen atoms in total. The second kappa shape index (κ2) is 11.4. The molecule has 36 heavy (non-hydrogen) atoms. The first-order valence-corrected chi connectivity index (χ1v) is 12.3. The summed E-state index contributed by atoms with van der Waals surface area (Å²) in [5.74, 6) is -2.20. The van der Waals surface area contributed by atoms with E-state index in [1.54, 1.807) is 0 Å². The Hall–Kier alpha value is -2.98. The molecule has 0 aliphatic carbocycles. The fourth-order valence-corrected chi connectivity index (χ4v) is 4.55. The number of hydrogen-bond donors (Lipinski definition) is 1. The number of benzene rings is 2. The van der Waals surface area contributed by atoms with Gasteiger partial charge >= 0.3 is 17.7 Å². The van der Waals surface area contributed by atoms with Crippen molar-refractivity contribution in [1.82, 2.24) is 10.4 Å². The van der Waals surface area contributed by atoms with Crippen LogP contribution >= 0.6 is 35.4 Å². The van der Waals surface area contributed by atoms with Crippen LogP contribution in [0.4, 0.5) is 0 Å². The number of ether oxygens (including phenoxy) is 2. The highest BCUT2D eigenvalue weighted by atomic mass is 35.5. The van der Waals surface area contributed by atoms with E-state index in [1.807, 2.05) is 60.7 Å². The smallest absolute Gasteiger partial charge is 0.376 e. The molecular formula is C25H22Cl2N2O6S. The van der Waals surface area contributed by atoms with Crippen LogP contribution in [0.25, 0.3) is 0 Å². The number of hydroxylamine groups is 2. The Kier molecular flexibility index (Phi) is 8.25. The van der Waals surface area contributed by atoms with Crippen LogP contribution < -0.4 is 5.32 Å². The van der Waals surface area contributed by atoms with Gasteiger partial charge in [0.1, 0.15) is 12.6 Å². The van der Waals surface area contributed by atoms with E-state index in [1.165, 1.54) is 5.54 Å². The Morgan fingerprint density at radius 1 is 1.17 bits per heavy atom. The summed E-state index contributed by atoms with van der Waals surface area (Å²) in [6.07, 6.45) is -0.886. The van der Waals surface area contributed by atoms with Crippen molar-refractivity contribution in [1.29, 1.82) is 0 Å². The SMILES string of the molecule is O=C1CCC(C(=O)OC(c2ccccc2)c2ccccc2)(N2OC[C@H](NC(=S)C/C(Cl)=C/Cl)C2=O)O1. The number of cyclic esters (lactones) is 1. The summed E-state index contributed by atoms with van der Waals surface area (Å²) in [7, 11) is 0. The third-order valence-corrected chi connectivity index (χ3v) is 6.56. The van der Waals surface area contributed by atoms with Crippen molar-refractivity contribution in [3.8, 4) is 0 Å². The number of carbonyl (C=O) groups excluding carboxylic acids is 3. The standard InChI is InChI=1S/C25H22Cl2N2O6S/c26-14-18(27)13-20(36)28-19-15-33-29(23(19)31)25(12-11-21(30)35-25)24(32)34-22(16-7-3-1-4-8-16)17-9-5-2-6-10-17/h1-10,14,19,22H,11-13,15H2,(H,28,36)/b18-14-/t19-,25?/m0/s1. The van der Waals surface area contributed by atoms with Crippen LogP contribution in [-0.2, 0) is 28.7 Å². The van der Waals surface area contributed by atoms with Gasteiger partial charge in [-0.05, 0) is 11.1 Å². The van der Waals surface area contributed by atoms with E-state index in [9.17, 15) is 14.4 Å². The van der Waals surface area contributed by atoms with Gasteiger partial charge in [0, 0.05) is 23.4 Å². The van der Waals surface area contributed by atoms with Gasteiger partial charge in [0.2, 0.25) is 0 Å². The van der Waals surface area contributed by atoms with Crippen LogP contribution in [0.15, 0.2) is 71.2 Å². The minimum Gasteiger partial charge on any atom is -0.448 e. The van der Waals surface area contributed by atoms with Gasteiger partial charge in [-0.1, -0.05) is 96.1 Å². The molecule has 0 bridgehead atoms. The predicted molar refractivity (Wildman–Crippen MR) is 136 cm³/mol. The van der Waals surface area contributed by atoms with Crippen molar-refractivity contribution >= 4 is 58.3 Å². The summed E-state index contributed by atoms with van der Waals surface area (Å²) in [4.78, 5) is 44.9. The molecule has 2 aromatic carbocycles. The zero-order valence-electron chi connectivity index (χ0n) is 18.9. The number of halogens is 2. The molecule has 2 fully saturated rings. The Balaban J connectivity index is 1.58. The van der Waals surface area contributed by atoms with E-state index < -0.39 is 35.7 Å². The molecule has 1 amide bonds. The summed E-state index contributed by atoms with van der Waals surface area (Å²) in [6.45, 7) is -0.144. The second-order valence-corrected chi connectivity index (χ2v) is 9.34. The minimum absolute atomic E-state index is 0.0871. The van der Waals surface area contributed by atoms with E-state index >= 15 is 0 Å². The maximum Gasteiger partial charge on any atom is 0.376 e. The monoisotopic (exact) mass is 548 g/mol. The van der Waals surface area contributed by atoms with E-state index in [0.29, 0.717) is 11.1 Å². The van der Waals surface area contributed by atoms with E-state index in [-0.39, 0.29) is 35.9 Å². The van der Waals surface area contributed by atoms with Gasteiger partial charge in [-0.2, -0.15) is 5.06 Å². The number of nitrogens with one attached hydrogen (secondary N) is 1. The van der Waals surface area contributed by atoms with E-state index in [4.69, 9.17) is 49.7 Å². The summed E-state index contributed by atoms with van der Waals surface area (Å²) in [5, 5.41) is 3.92. The molecule has 2 aliphatic rings. The highest BCUT2D eigenvalue weighted by molar-refractivity contribution is 7.80. The largest absolute Gasteiger partial charge is 0.448 e. The third-order valence-electron chi connectivity index (χ3n) is 5.68. The quantitative estimate of drug-likeness (QED) is 0.389. The number of nitrogens with zero attached hydrogens (tertiary/aromatic N) is 1. The molecule has 188 valence electrons. The molecule has 0 spiro atoms. The first-order chi connectivity index (χ1) is 17.3. The number of hydrogen-bond acceptors (Lipinski definition) is 7. The fraction of sp³-hybridized carbons (Fsp3) is 0.280. The van der Waals surface area contributed by atoms with Gasteiger partial charge in [0.25, 0.3) is 5.91 Å². The maximum absolute atomic E-state index is 13.7. The molecule has 11 heteroatoms. The normalized spacial score (nSPS) is 22.0. The van der Waals surface area contributed by atoms with Gasteiger partial charge in [0.05, 0.1) is 11.4 Å². The number of amides is 1. The lowest BCUT2D eigenvalue weighted by Crippen LogP contribution is -2.57. The lowest BCUT2D eigenvalue weighted by atomic mass is 10.0. The van der Waals surface area contributed by atoms with Crippen LogP contribution in [0.5, 0.6) is 0 Å². The van der Waals surface area contributed by atoms with Crippen molar-refractivity contribution in [3.63, 3.8) is 0 Å². The average molecular weight is 549 g/mol. The molecule has 0 saturated carbocycles. The van der Waals surface area contributed by atoms with Gasteiger partial charge < -0.3 is 14.8 Å². The summed E-state index contributed by atoms with van der Waals surface area (Å²) < 4.78 is 11.4. The molecule has 2 heterocycles. The number of esters is 2. The van der Waals surface area contributed by atoms with Crippen LogP contribution in [0.3, 0.4) is 0 Å². The molecular weight excluding hydrogens is 527 g/mol. The molecule has 0 aromatic heterocycles. The minimum atomic E-state index is -2.07. The van der Waals surface area contributed by atoms with Gasteiger partial charge in [-0.15, -0.1) is 0 Å². The molecule has 2 aliphatic heterocycles. The fourth-order valence-electron chi connectivity index (χ4n) is 3.96. The van der Waals surface area contributed by atoms with Crippen LogP contribution in [0, 0.1) is 0 Å². The first-order valence-electron chi connectivity index (χ1n) is 11.1. The van der Waals surface area contributed by atoms with Crippen molar-refractivity contribution in [3.05, 3.63) is 82.4 Å². The second-order valence-electron chi connectivity index (χ2n) is 8.15. The number of carbonyl (C=O) groups is 3. The molecule has 1 N–H and O–H groups in total. The Labute approximate surface area is 223 Å². The molecule has 0 radical (unpaired) electrons. The van der Waals surface area contributed by atoms with Crippen molar-refractivity contribution < 1.29 is 28.7 Å². The van der Waals surface area contributed by atoms with E-state index in [0.717, 1.165) is 5.06 Å². The summed E-state index contributed by atoms with van der Waals surface area (Å²) in [6, 6.07) is 17.3. The lowest BCUT2D eigenvalue weighted by Gasteiger charge is -2.34. The number of rotatable bonds is 8. The molecule has 2 atom stereocenters. The zero-order valence-corrected chi connectivity index (χ0v) is 21.2. The predicted octanol–water partition coefficient (Wildman–Crippen LogP) is 4.12. The third kappa shape index (κ3) is 5.54. The van der Waals surface area contributed by atoms with Gasteiger partial charge in [0.15, 0.2) is 6.10 Å². The van der Waals surface area contributed by atoms with Crippen molar-refractivity contribution in [2.24, 2.45) is 0 Å².